The molecule has 0 spiro atoms. The number of aromatic nitrogens is 1. The lowest BCUT2D eigenvalue weighted by Crippen LogP contribution is -1.87. The van der Waals surface area contributed by atoms with Gasteiger partial charge in [-0.3, -0.25) is 0 Å². The van der Waals surface area contributed by atoms with Crippen LogP contribution in [0.4, 0.5) is 5.69 Å². The van der Waals surface area contributed by atoms with Crippen molar-refractivity contribution in [3.05, 3.63) is 22.7 Å². The number of hydrogen-bond donors (Lipinski definition) is 1. The van der Waals surface area contributed by atoms with Crippen LogP contribution in [0.25, 0.3) is 10.2 Å². The van der Waals surface area contributed by atoms with Crippen molar-refractivity contribution >= 4 is 72.7 Å². The Morgan fingerprint density at radius 3 is 2.93 bits per heavy atom. The van der Waals surface area contributed by atoms with E-state index < -0.39 is 0 Å². The SMILES string of the molecule is Cc1nc2ccc(CI)c(NI)c2s1. The van der Waals surface area contributed by atoms with E-state index in [4.69, 9.17) is 0 Å². The van der Waals surface area contributed by atoms with Crippen molar-refractivity contribution in [2.75, 3.05) is 3.53 Å². The van der Waals surface area contributed by atoms with E-state index >= 15 is 0 Å². The average Bonchev–Trinajstić information content (AvgIpc) is 2.56. The van der Waals surface area contributed by atoms with E-state index in [1.54, 1.807) is 11.3 Å². The van der Waals surface area contributed by atoms with E-state index in [-0.39, 0.29) is 0 Å². The van der Waals surface area contributed by atoms with E-state index in [1.807, 2.05) is 6.92 Å². The number of alkyl halides is 1. The van der Waals surface area contributed by atoms with Gasteiger partial charge in [0, 0.05) is 4.43 Å². The number of halogens is 2. The summed E-state index contributed by atoms with van der Waals surface area (Å²) < 4.78 is 5.53. The minimum atomic E-state index is 1.02. The zero-order chi connectivity index (χ0) is 10.1. The van der Waals surface area contributed by atoms with Crippen LogP contribution in [0.3, 0.4) is 0 Å². The van der Waals surface area contributed by atoms with Crippen molar-refractivity contribution in [3.63, 3.8) is 0 Å². The lowest BCUT2D eigenvalue weighted by atomic mass is 10.2. The smallest absolute Gasteiger partial charge is 0.0908 e. The Morgan fingerprint density at radius 1 is 1.50 bits per heavy atom. The molecule has 1 N–H and O–H groups in total. The highest BCUT2D eigenvalue weighted by Gasteiger charge is 2.09. The zero-order valence-corrected chi connectivity index (χ0v) is 12.6. The molecule has 1 aromatic carbocycles. The van der Waals surface area contributed by atoms with E-state index in [9.17, 15) is 0 Å². The minimum Gasteiger partial charge on any atom is -0.327 e. The predicted molar refractivity (Wildman–Crippen MR) is 79.7 cm³/mol. The van der Waals surface area contributed by atoms with Gasteiger partial charge in [-0.2, -0.15) is 0 Å². The van der Waals surface area contributed by atoms with Gasteiger partial charge in [-0.05, 0) is 18.6 Å². The molecule has 74 valence electrons. The maximum atomic E-state index is 4.47. The van der Waals surface area contributed by atoms with E-state index in [0.717, 1.165) is 15.0 Å². The third kappa shape index (κ3) is 1.85. The van der Waals surface area contributed by atoms with Gasteiger partial charge in [0.1, 0.15) is 0 Å². The monoisotopic (exact) mass is 430 g/mol. The Balaban J connectivity index is 2.75. The minimum absolute atomic E-state index is 1.02. The summed E-state index contributed by atoms with van der Waals surface area (Å²) in [4.78, 5) is 4.47. The Bertz CT molecular complexity index is 467. The van der Waals surface area contributed by atoms with Crippen LogP contribution in [0, 0.1) is 6.92 Å². The van der Waals surface area contributed by atoms with Crippen LogP contribution in [0.2, 0.25) is 0 Å². The molecule has 0 aliphatic heterocycles. The number of anilines is 1. The van der Waals surface area contributed by atoms with Gasteiger partial charge >= 0.3 is 0 Å². The molecule has 0 aliphatic rings. The number of fused-ring (bicyclic) bond motifs is 1. The average molecular weight is 430 g/mol. The van der Waals surface area contributed by atoms with Gasteiger partial charge in [-0.25, -0.2) is 4.98 Å². The quantitative estimate of drug-likeness (QED) is 0.437. The summed E-state index contributed by atoms with van der Waals surface area (Å²) in [6, 6.07) is 4.25. The summed E-state index contributed by atoms with van der Waals surface area (Å²) in [7, 11) is 0. The largest absolute Gasteiger partial charge is 0.327 e. The third-order valence-electron chi connectivity index (χ3n) is 1.99. The Hall–Kier alpha value is 0.370. The molecule has 0 bridgehead atoms. The fraction of sp³-hybridized carbons (Fsp3) is 0.222. The Labute approximate surface area is 114 Å². The standard InChI is InChI=1S/C9H8I2N2S/c1-5-12-7-3-2-6(4-10)8(13-11)9(7)14-5/h2-3,13H,4H2,1H3. The number of thiazole rings is 1. The molecule has 0 saturated heterocycles. The number of nitrogens with zero attached hydrogens (tertiary/aromatic N) is 1. The molecule has 0 unspecified atom stereocenters. The topological polar surface area (TPSA) is 24.9 Å². The van der Waals surface area contributed by atoms with Crippen molar-refractivity contribution in [2.24, 2.45) is 0 Å². The molecule has 0 aliphatic carbocycles. The molecule has 14 heavy (non-hydrogen) atoms. The number of benzene rings is 1. The number of hydrogen-bond acceptors (Lipinski definition) is 3. The second-order valence-corrected chi connectivity index (χ2v) is 5.41. The van der Waals surface area contributed by atoms with E-state index in [2.05, 4.69) is 66.1 Å². The highest BCUT2D eigenvalue weighted by molar-refractivity contribution is 14.1. The molecular formula is C9H8I2N2S. The summed E-state index contributed by atoms with van der Waals surface area (Å²) in [5.41, 5.74) is 3.67. The normalized spacial score (nSPS) is 10.8. The first-order valence-corrected chi connectivity index (χ1v) is 7.50. The van der Waals surface area contributed by atoms with Gasteiger partial charge < -0.3 is 3.53 Å². The summed E-state index contributed by atoms with van der Waals surface area (Å²) in [6.07, 6.45) is 0. The lowest BCUT2D eigenvalue weighted by molar-refractivity contribution is 1.34. The van der Waals surface area contributed by atoms with Crippen molar-refractivity contribution in [2.45, 2.75) is 11.4 Å². The molecule has 5 heteroatoms. The number of nitrogens with one attached hydrogen (secondary N) is 1. The second kappa shape index (κ2) is 4.48. The lowest BCUT2D eigenvalue weighted by Gasteiger charge is -2.05. The van der Waals surface area contributed by atoms with Crippen molar-refractivity contribution in [1.29, 1.82) is 0 Å². The number of aryl methyl sites for hydroxylation is 1. The number of rotatable bonds is 2. The van der Waals surface area contributed by atoms with Gasteiger partial charge in [-0.1, -0.05) is 28.7 Å². The molecule has 0 atom stereocenters. The fourth-order valence-corrected chi connectivity index (χ4v) is 3.74. The van der Waals surface area contributed by atoms with Gasteiger partial charge in [0.15, 0.2) is 0 Å². The highest BCUT2D eigenvalue weighted by atomic mass is 127. The summed E-state index contributed by atoms with van der Waals surface area (Å²) in [5, 5.41) is 1.12. The van der Waals surface area contributed by atoms with Gasteiger partial charge in [0.05, 0.1) is 43.8 Å². The molecule has 0 saturated carbocycles. The Kier molecular flexibility index (Phi) is 3.48. The molecule has 2 aromatic rings. The molecule has 0 fully saturated rings. The zero-order valence-electron chi connectivity index (χ0n) is 7.47. The van der Waals surface area contributed by atoms with Crippen LogP contribution >= 0.6 is 56.8 Å². The maximum Gasteiger partial charge on any atom is 0.0908 e. The Morgan fingerprint density at radius 2 is 2.29 bits per heavy atom. The van der Waals surface area contributed by atoms with E-state index in [0.29, 0.717) is 0 Å². The van der Waals surface area contributed by atoms with Crippen molar-refractivity contribution < 1.29 is 0 Å². The third-order valence-corrected chi connectivity index (χ3v) is 4.35. The first-order chi connectivity index (χ1) is 6.76. The highest BCUT2D eigenvalue weighted by Crippen LogP contribution is 2.34. The van der Waals surface area contributed by atoms with Crippen LogP contribution < -0.4 is 3.53 Å². The molecular weight excluding hydrogens is 422 g/mol. The summed E-state index contributed by atoms with van der Waals surface area (Å²) in [5.74, 6) is 0. The van der Waals surface area contributed by atoms with Crippen molar-refractivity contribution in [1.82, 2.24) is 4.98 Å². The first-order valence-electron chi connectivity index (χ1n) is 4.08. The molecule has 1 aromatic heterocycles. The molecule has 1 heterocycles. The first kappa shape index (κ1) is 10.9. The van der Waals surface area contributed by atoms with Crippen LogP contribution in [0.1, 0.15) is 10.6 Å². The van der Waals surface area contributed by atoms with Gasteiger partial charge in [0.2, 0.25) is 0 Å². The van der Waals surface area contributed by atoms with Crippen molar-refractivity contribution in [3.8, 4) is 0 Å². The van der Waals surface area contributed by atoms with Crippen LogP contribution in [-0.2, 0) is 4.43 Å². The predicted octanol–water partition coefficient (Wildman–Crippen LogP) is 4.30. The molecule has 2 nitrogen and oxygen atoms in total. The van der Waals surface area contributed by atoms with Crippen LogP contribution in [0.5, 0.6) is 0 Å². The van der Waals surface area contributed by atoms with Gasteiger partial charge in [-0.15, -0.1) is 11.3 Å². The van der Waals surface area contributed by atoms with Gasteiger partial charge in [0.25, 0.3) is 0 Å². The molecule has 0 radical (unpaired) electrons. The summed E-state index contributed by atoms with van der Waals surface area (Å²) >= 11 is 6.32. The second-order valence-electron chi connectivity index (χ2n) is 2.91. The fourth-order valence-electron chi connectivity index (χ4n) is 1.36. The molecule has 2 rings (SSSR count). The maximum absolute atomic E-state index is 4.47. The summed E-state index contributed by atoms with van der Waals surface area (Å²) in [6.45, 7) is 2.05. The van der Waals surface area contributed by atoms with Crippen LogP contribution in [0.15, 0.2) is 12.1 Å². The van der Waals surface area contributed by atoms with Crippen LogP contribution in [-0.4, -0.2) is 4.98 Å². The molecule has 0 amide bonds. The van der Waals surface area contributed by atoms with E-state index in [1.165, 1.54) is 16.0 Å².